The number of halogens is 3. The van der Waals surface area contributed by atoms with E-state index in [1.165, 1.54) is 13.0 Å². The van der Waals surface area contributed by atoms with Gasteiger partial charge in [-0.05, 0) is 55.7 Å². The quantitative estimate of drug-likeness (QED) is 0.728. The third kappa shape index (κ3) is 5.15. The molecular formula is C19H19F3O4. The lowest BCUT2D eigenvalue weighted by atomic mass is 10.1. The molecule has 0 fully saturated rings. The van der Waals surface area contributed by atoms with E-state index in [-0.39, 0.29) is 6.42 Å². The van der Waals surface area contributed by atoms with Crippen molar-refractivity contribution in [3.05, 3.63) is 53.1 Å². The number of aliphatic carboxylic acids is 1. The average Bonchev–Trinajstić information content (AvgIpc) is 2.55. The second kappa shape index (κ2) is 8.12. The van der Waals surface area contributed by atoms with Crippen LogP contribution in [0.2, 0.25) is 0 Å². The van der Waals surface area contributed by atoms with Crippen LogP contribution in [-0.2, 0) is 17.4 Å². The van der Waals surface area contributed by atoms with Gasteiger partial charge in [0.2, 0.25) is 0 Å². The van der Waals surface area contributed by atoms with E-state index in [0.717, 1.165) is 17.7 Å². The van der Waals surface area contributed by atoms with Gasteiger partial charge in [0, 0.05) is 12.5 Å². The summed E-state index contributed by atoms with van der Waals surface area (Å²) in [4.78, 5) is 10.7. The number of aryl methyl sites for hydroxylation is 2. The zero-order valence-corrected chi connectivity index (χ0v) is 14.4. The van der Waals surface area contributed by atoms with Crippen LogP contribution >= 0.6 is 0 Å². The zero-order chi connectivity index (χ0) is 19.3. The summed E-state index contributed by atoms with van der Waals surface area (Å²) in [5, 5.41) is 8.81. The maximum Gasteiger partial charge on any atom is 0.416 e. The lowest BCUT2D eigenvalue weighted by Crippen LogP contribution is -2.05. The molecule has 0 spiro atoms. The topological polar surface area (TPSA) is 55.8 Å². The maximum absolute atomic E-state index is 12.7. The Hall–Kier alpha value is -2.70. The number of hydrogen-bond acceptors (Lipinski definition) is 3. The molecule has 26 heavy (non-hydrogen) atoms. The Morgan fingerprint density at radius 3 is 2.42 bits per heavy atom. The van der Waals surface area contributed by atoms with Crippen LogP contribution in [0, 0.1) is 6.92 Å². The van der Waals surface area contributed by atoms with Gasteiger partial charge in [0.25, 0.3) is 0 Å². The van der Waals surface area contributed by atoms with E-state index in [4.69, 9.17) is 14.6 Å². The van der Waals surface area contributed by atoms with Crippen molar-refractivity contribution < 1.29 is 32.5 Å². The highest BCUT2D eigenvalue weighted by Gasteiger charge is 2.30. The Morgan fingerprint density at radius 2 is 1.85 bits per heavy atom. The van der Waals surface area contributed by atoms with Gasteiger partial charge in [-0.3, -0.25) is 4.79 Å². The minimum Gasteiger partial charge on any atom is -0.493 e. The summed E-state index contributed by atoms with van der Waals surface area (Å²) in [7, 11) is 0. The monoisotopic (exact) mass is 368 g/mol. The van der Waals surface area contributed by atoms with Crippen molar-refractivity contribution in [1.29, 1.82) is 0 Å². The largest absolute Gasteiger partial charge is 0.493 e. The van der Waals surface area contributed by atoms with Crippen molar-refractivity contribution in [2.75, 3.05) is 6.61 Å². The van der Waals surface area contributed by atoms with Crippen LogP contribution < -0.4 is 9.47 Å². The van der Waals surface area contributed by atoms with Gasteiger partial charge in [-0.25, -0.2) is 0 Å². The normalized spacial score (nSPS) is 11.3. The standard InChI is InChI=1S/C19H19F3O4/c1-3-25-17-11-15(7-4-13(17)5-9-18(23)24)26-16-8-6-14(10-12(16)2)19(20,21)22/h4,6-8,10-11H,3,5,9H2,1-2H3,(H,23,24). The van der Waals surface area contributed by atoms with Crippen LogP contribution in [0.1, 0.15) is 30.0 Å². The lowest BCUT2D eigenvalue weighted by molar-refractivity contribution is -0.138. The molecule has 0 bridgehead atoms. The first-order chi connectivity index (χ1) is 12.2. The number of carboxylic acids is 1. The fourth-order valence-electron chi connectivity index (χ4n) is 2.40. The first kappa shape index (κ1) is 19.6. The summed E-state index contributed by atoms with van der Waals surface area (Å²) in [6, 6.07) is 8.21. The van der Waals surface area contributed by atoms with Crippen molar-refractivity contribution in [2.45, 2.75) is 32.9 Å². The molecule has 0 aliphatic carbocycles. The van der Waals surface area contributed by atoms with Gasteiger partial charge >= 0.3 is 12.1 Å². The number of ether oxygens (including phenoxy) is 2. The molecule has 1 N–H and O–H groups in total. The van der Waals surface area contributed by atoms with Crippen molar-refractivity contribution in [3.63, 3.8) is 0 Å². The molecule has 0 atom stereocenters. The number of benzene rings is 2. The Morgan fingerprint density at radius 1 is 1.12 bits per heavy atom. The summed E-state index contributed by atoms with van der Waals surface area (Å²) >= 11 is 0. The average molecular weight is 368 g/mol. The fourth-order valence-corrected chi connectivity index (χ4v) is 2.40. The van der Waals surface area contributed by atoms with E-state index in [1.54, 1.807) is 25.1 Å². The van der Waals surface area contributed by atoms with Crippen LogP contribution in [0.15, 0.2) is 36.4 Å². The number of alkyl halides is 3. The highest BCUT2D eigenvalue weighted by Crippen LogP contribution is 2.35. The van der Waals surface area contributed by atoms with E-state index >= 15 is 0 Å². The third-order valence-electron chi connectivity index (χ3n) is 3.68. The van der Waals surface area contributed by atoms with Crippen LogP contribution in [0.25, 0.3) is 0 Å². The van der Waals surface area contributed by atoms with Crippen molar-refractivity contribution >= 4 is 5.97 Å². The second-order valence-corrected chi connectivity index (χ2v) is 5.68. The smallest absolute Gasteiger partial charge is 0.416 e. The molecule has 0 radical (unpaired) electrons. The number of hydrogen-bond donors (Lipinski definition) is 1. The second-order valence-electron chi connectivity index (χ2n) is 5.68. The summed E-state index contributed by atoms with van der Waals surface area (Å²) in [5.74, 6) is 0.290. The van der Waals surface area contributed by atoms with Gasteiger partial charge in [-0.2, -0.15) is 13.2 Å². The van der Waals surface area contributed by atoms with Crippen molar-refractivity contribution in [2.24, 2.45) is 0 Å². The minimum absolute atomic E-state index is 0.0295. The molecule has 2 rings (SSSR count). The molecule has 7 heteroatoms. The molecule has 0 aromatic heterocycles. The first-order valence-corrected chi connectivity index (χ1v) is 8.04. The summed E-state index contributed by atoms with van der Waals surface area (Å²) < 4.78 is 49.4. The molecular weight excluding hydrogens is 349 g/mol. The zero-order valence-electron chi connectivity index (χ0n) is 14.4. The van der Waals surface area contributed by atoms with Crippen LogP contribution in [0.5, 0.6) is 17.2 Å². The molecule has 0 saturated heterocycles. The molecule has 0 amide bonds. The molecule has 0 aliphatic rings. The Bertz CT molecular complexity index is 785. The highest BCUT2D eigenvalue weighted by atomic mass is 19.4. The number of rotatable bonds is 7. The summed E-state index contributed by atoms with van der Waals surface area (Å²) in [5.41, 5.74) is 0.347. The van der Waals surface area contributed by atoms with E-state index in [1.807, 2.05) is 0 Å². The van der Waals surface area contributed by atoms with E-state index in [0.29, 0.717) is 35.8 Å². The van der Waals surface area contributed by atoms with Crippen LogP contribution in [0.4, 0.5) is 13.2 Å². The van der Waals surface area contributed by atoms with Crippen molar-refractivity contribution in [3.8, 4) is 17.2 Å². The van der Waals surface area contributed by atoms with Crippen LogP contribution in [-0.4, -0.2) is 17.7 Å². The molecule has 2 aromatic carbocycles. The fraction of sp³-hybridized carbons (Fsp3) is 0.316. The van der Waals surface area contributed by atoms with Gasteiger partial charge in [-0.1, -0.05) is 6.07 Å². The Labute approximate surface area is 149 Å². The maximum atomic E-state index is 12.7. The molecule has 0 saturated carbocycles. The predicted molar refractivity (Wildman–Crippen MR) is 89.8 cm³/mol. The van der Waals surface area contributed by atoms with Gasteiger partial charge in [0.15, 0.2) is 0 Å². The Kier molecular flexibility index (Phi) is 6.13. The molecule has 140 valence electrons. The predicted octanol–water partition coefficient (Wildman–Crippen LogP) is 5.22. The van der Waals surface area contributed by atoms with Gasteiger partial charge in [0.1, 0.15) is 17.2 Å². The van der Waals surface area contributed by atoms with Gasteiger partial charge in [0.05, 0.1) is 12.2 Å². The van der Waals surface area contributed by atoms with Crippen molar-refractivity contribution in [1.82, 2.24) is 0 Å². The molecule has 0 heterocycles. The molecule has 0 aliphatic heterocycles. The van der Waals surface area contributed by atoms with E-state index in [9.17, 15) is 18.0 Å². The summed E-state index contributed by atoms with van der Waals surface area (Å²) in [6.07, 6.45) is -4.13. The van der Waals surface area contributed by atoms with Gasteiger partial charge < -0.3 is 14.6 Å². The first-order valence-electron chi connectivity index (χ1n) is 8.04. The highest BCUT2D eigenvalue weighted by molar-refractivity contribution is 5.67. The Balaban J connectivity index is 2.24. The third-order valence-corrected chi connectivity index (χ3v) is 3.68. The van der Waals surface area contributed by atoms with Crippen LogP contribution in [0.3, 0.4) is 0 Å². The molecule has 2 aromatic rings. The summed E-state index contributed by atoms with van der Waals surface area (Å²) in [6.45, 7) is 3.73. The lowest BCUT2D eigenvalue weighted by Gasteiger charge is -2.14. The number of carbonyl (C=O) groups is 1. The SMILES string of the molecule is CCOc1cc(Oc2ccc(C(F)(F)F)cc2C)ccc1CCC(=O)O. The number of carboxylic acid groups (broad SMARTS) is 1. The molecule has 0 unspecified atom stereocenters. The minimum atomic E-state index is -4.41. The van der Waals surface area contributed by atoms with Gasteiger partial charge in [-0.15, -0.1) is 0 Å². The molecule has 4 nitrogen and oxygen atoms in total. The van der Waals surface area contributed by atoms with E-state index < -0.39 is 17.7 Å². The van der Waals surface area contributed by atoms with E-state index in [2.05, 4.69) is 0 Å².